The van der Waals surface area contributed by atoms with Crippen LogP contribution in [0.2, 0.25) is 5.02 Å². The summed E-state index contributed by atoms with van der Waals surface area (Å²) in [5.74, 6) is 0.803. The Morgan fingerprint density at radius 2 is 1.81 bits per heavy atom. The zero-order valence-electron chi connectivity index (χ0n) is 8.87. The van der Waals surface area contributed by atoms with Gasteiger partial charge in [0.15, 0.2) is 0 Å². The van der Waals surface area contributed by atoms with Gasteiger partial charge in [0, 0.05) is 11.1 Å². The molecule has 0 aliphatic carbocycles. The Morgan fingerprint density at radius 1 is 1.06 bits per heavy atom. The largest absolute Gasteiger partial charge is 0.384 e. The van der Waals surface area contributed by atoms with Crippen LogP contribution >= 0.6 is 11.6 Å². The van der Waals surface area contributed by atoms with Crippen molar-refractivity contribution in [1.82, 2.24) is 4.98 Å². The first kappa shape index (κ1) is 10.8. The summed E-state index contributed by atoms with van der Waals surface area (Å²) < 4.78 is 0. The number of nitrogen functional groups attached to an aromatic ring is 2. The monoisotopic (exact) mass is 233 g/mol. The van der Waals surface area contributed by atoms with Crippen LogP contribution in [0.4, 0.5) is 11.6 Å². The molecule has 1 aromatic heterocycles. The van der Waals surface area contributed by atoms with Crippen LogP contribution in [0.3, 0.4) is 0 Å². The van der Waals surface area contributed by atoms with E-state index < -0.39 is 0 Å². The van der Waals surface area contributed by atoms with E-state index >= 15 is 0 Å². The Hall–Kier alpha value is -1.74. The van der Waals surface area contributed by atoms with Crippen LogP contribution in [-0.2, 0) is 0 Å². The van der Waals surface area contributed by atoms with Gasteiger partial charge in [-0.25, -0.2) is 4.98 Å². The summed E-state index contributed by atoms with van der Waals surface area (Å²) in [6.45, 7) is 1.95. The van der Waals surface area contributed by atoms with Gasteiger partial charge in [0.1, 0.15) is 11.6 Å². The van der Waals surface area contributed by atoms with Crippen LogP contribution < -0.4 is 11.5 Å². The first-order valence-corrected chi connectivity index (χ1v) is 5.25. The highest BCUT2D eigenvalue weighted by molar-refractivity contribution is 6.34. The molecule has 0 spiro atoms. The van der Waals surface area contributed by atoms with E-state index in [0.29, 0.717) is 16.7 Å². The molecule has 0 radical (unpaired) electrons. The van der Waals surface area contributed by atoms with E-state index in [9.17, 15) is 0 Å². The molecule has 82 valence electrons. The third-order valence-corrected chi connectivity index (χ3v) is 2.93. The third kappa shape index (κ3) is 1.82. The Balaban J connectivity index is 2.63. The maximum Gasteiger partial charge on any atom is 0.133 e. The van der Waals surface area contributed by atoms with Crippen molar-refractivity contribution in [2.75, 3.05) is 11.5 Å². The number of aryl methyl sites for hydroxylation is 1. The number of benzene rings is 1. The Morgan fingerprint density at radius 3 is 2.50 bits per heavy atom. The molecule has 3 nitrogen and oxygen atoms in total. The molecule has 0 aliphatic heterocycles. The fourth-order valence-corrected chi connectivity index (χ4v) is 1.80. The van der Waals surface area contributed by atoms with Gasteiger partial charge < -0.3 is 11.5 Å². The summed E-state index contributed by atoms with van der Waals surface area (Å²) in [5, 5.41) is 0.695. The van der Waals surface area contributed by atoms with E-state index in [0.717, 1.165) is 16.7 Å². The van der Waals surface area contributed by atoms with Gasteiger partial charge in [-0.05, 0) is 24.6 Å². The minimum atomic E-state index is 0.396. The molecule has 0 bridgehead atoms. The van der Waals surface area contributed by atoms with Crippen LogP contribution in [-0.4, -0.2) is 4.98 Å². The molecule has 0 atom stereocenters. The van der Waals surface area contributed by atoms with E-state index in [1.807, 2.05) is 31.2 Å². The Kier molecular flexibility index (Phi) is 2.71. The Labute approximate surface area is 99.1 Å². The molecule has 2 rings (SSSR count). The molecule has 0 unspecified atom stereocenters. The summed E-state index contributed by atoms with van der Waals surface area (Å²) in [4.78, 5) is 4.02. The van der Waals surface area contributed by atoms with Gasteiger partial charge in [0.25, 0.3) is 0 Å². The SMILES string of the molecule is Cc1cccc(-c2ccc(N)nc2N)c1Cl. The lowest BCUT2D eigenvalue weighted by molar-refractivity contribution is 1.34. The molecule has 16 heavy (non-hydrogen) atoms. The summed E-state index contributed by atoms with van der Waals surface area (Å²) in [6.07, 6.45) is 0. The summed E-state index contributed by atoms with van der Waals surface area (Å²) in [5.41, 5.74) is 14.1. The molecular formula is C12H12ClN3. The molecule has 0 aliphatic rings. The van der Waals surface area contributed by atoms with E-state index in [2.05, 4.69) is 4.98 Å². The van der Waals surface area contributed by atoms with Crippen molar-refractivity contribution in [1.29, 1.82) is 0 Å². The van der Waals surface area contributed by atoms with Crippen LogP contribution in [0.25, 0.3) is 11.1 Å². The lowest BCUT2D eigenvalue weighted by Gasteiger charge is -2.09. The van der Waals surface area contributed by atoms with Gasteiger partial charge >= 0.3 is 0 Å². The van der Waals surface area contributed by atoms with Crippen LogP contribution in [0.5, 0.6) is 0 Å². The number of halogens is 1. The van der Waals surface area contributed by atoms with Gasteiger partial charge in [0.2, 0.25) is 0 Å². The molecule has 0 fully saturated rings. The van der Waals surface area contributed by atoms with Crippen LogP contribution in [0.1, 0.15) is 5.56 Å². The number of rotatable bonds is 1. The third-order valence-electron chi connectivity index (χ3n) is 2.43. The highest BCUT2D eigenvalue weighted by atomic mass is 35.5. The first-order chi connectivity index (χ1) is 7.59. The van der Waals surface area contributed by atoms with Gasteiger partial charge in [-0.1, -0.05) is 29.8 Å². The molecule has 0 saturated carbocycles. The number of pyridine rings is 1. The zero-order valence-corrected chi connectivity index (χ0v) is 9.62. The second-order valence-electron chi connectivity index (χ2n) is 3.61. The summed E-state index contributed by atoms with van der Waals surface area (Å²) >= 11 is 6.22. The fraction of sp³-hybridized carbons (Fsp3) is 0.0833. The number of hydrogen-bond donors (Lipinski definition) is 2. The van der Waals surface area contributed by atoms with Gasteiger partial charge in [0.05, 0.1) is 5.02 Å². The summed E-state index contributed by atoms with van der Waals surface area (Å²) in [7, 11) is 0. The molecule has 2 aromatic rings. The van der Waals surface area contributed by atoms with Crippen molar-refractivity contribution in [2.24, 2.45) is 0 Å². The molecule has 1 aromatic carbocycles. The van der Waals surface area contributed by atoms with Crippen LogP contribution in [0, 0.1) is 6.92 Å². The first-order valence-electron chi connectivity index (χ1n) is 4.87. The average molecular weight is 234 g/mol. The summed E-state index contributed by atoms with van der Waals surface area (Å²) in [6, 6.07) is 9.35. The molecular weight excluding hydrogens is 222 g/mol. The lowest BCUT2D eigenvalue weighted by atomic mass is 10.0. The van der Waals surface area contributed by atoms with Crippen molar-refractivity contribution >= 4 is 23.2 Å². The number of nitrogens with two attached hydrogens (primary N) is 2. The number of aromatic nitrogens is 1. The van der Waals surface area contributed by atoms with Gasteiger partial charge in [-0.15, -0.1) is 0 Å². The maximum atomic E-state index is 6.22. The van der Waals surface area contributed by atoms with Crippen molar-refractivity contribution in [3.8, 4) is 11.1 Å². The topological polar surface area (TPSA) is 64.9 Å². The molecule has 4 heteroatoms. The van der Waals surface area contributed by atoms with Crippen molar-refractivity contribution in [3.05, 3.63) is 40.9 Å². The standard InChI is InChI=1S/C12H12ClN3/c1-7-3-2-4-8(11(7)13)9-5-6-10(14)16-12(9)15/h2-6H,1H3,(H4,14,15,16). The lowest BCUT2D eigenvalue weighted by Crippen LogP contribution is -1.98. The van der Waals surface area contributed by atoms with E-state index in [-0.39, 0.29) is 0 Å². The predicted octanol–water partition coefficient (Wildman–Crippen LogP) is 2.87. The maximum absolute atomic E-state index is 6.22. The number of hydrogen-bond acceptors (Lipinski definition) is 3. The quantitative estimate of drug-likeness (QED) is 0.796. The van der Waals surface area contributed by atoms with E-state index in [1.165, 1.54) is 0 Å². The van der Waals surface area contributed by atoms with Crippen molar-refractivity contribution < 1.29 is 0 Å². The van der Waals surface area contributed by atoms with E-state index in [4.69, 9.17) is 23.1 Å². The Bertz CT molecular complexity index is 538. The number of nitrogens with zero attached hydrogens (tertiary/aromatic N) is 1. The fourth-order valence-electron chi connectivity index (χ4n) is 1.57. The highest BCUT2D eigenvalue weighted by Crippen LogP contribution is 2.33. The minimum absolute atomic E-state index is 0.396. The molecule has 1 heterocycles. The molecule has 0 amide bonds. The number of anilines is 2. The van der Waals surface area contributed by atoms with Crippen LogP contribution in [0.15, 0.2) is 30.3 Å². The second kappa shape index (κ2) is 4.02. The highest BCUT2D eigenvalue weighted by Gasteiger charge is 2.09. The zero-order chi connectivity index (χ0) is 11.7. The second-order valence-corrected chi connectivity index (χ2v) is 3.98. The van der Waals surface area contributed by atoms with E-state index in [1.54, 1.807) is 6.07 Å². The molecule has 4 N–H and O–H groups in total. The minimum Gasteiger partial charge on any atom is -0.384 e. The smallest absolute Gasteiger partial charge is 0.133 e. The predicted molar refractivity (Wildman–Crippen MR) is 68.2 cm³/mol. The van der Waals surface area contributed by atoms with Gasteiger partial charge in [-0.3, -0.25) is 0 Å². The normalized spacial score (nSPS) is 10.4. The van der Waals surface area contributed by atoms with Crippen molar-refractivity contribution in [3.63, 3.8) is 0 Å². The van der Waals surface area contributed by atoms with Crippen molar-refractivity contribution in [2.45, 2.75) is 6.92 Å². The molecule has 0 saturated heterocycles. The average Bonchev–Trinajstić information content (AvgIpc) is 2.23. The van der Waals surface area contributed by atoms with Gasteiger partial charge in [-0.2, -0.15) is 0 Å².